The molecule has 0 aliphatic carbocycles. The maximum absolute atomic E-state index is 9.36. The second-order valence-electron chi connectivity index (χ2n) is 2.81. The van der Waals surface area contributed by atoms with Gasteiger partial charge in [-0.1, -0.05) is 0 Å². The number of hydrogen-bond acceptors (Lipinski definition) is 6. The standard InChI is InChI=1S/C6H13NO4S/c7-3-4(9)2(1-8)11-6(10)5(3)12/h2-6,8-10,12H,1,7H2/t2-,3-,4-,5-,6+/m1/s1. The first-order valence-electron chi connectivity index (χ1n) is 3.64. The average molecular weight is 195 g/mol. The van der Waals surface area contributed by atoms with Crippen molar-refractivity contribution >= 4 is 12.6 Å². The molecular weight excluding hydrogens is 182 g/mol. The van der Waals surface area contributed by atoms with Crippen molar-refractivity contribution in [3.8, 4) is 0 Å². The summed E-state index contributed by atoms with van der Waals surface area (Å²) >= 11 is 3.95. The van der Waals surface area contributed by atoms with Crippen LogP contribution in [0.2, 0.25) is 0 Å². The van der Waals surface area contributed by atoms with Crippen LogP contribution < -0.4 is 5.73 Å². The molecule has 6 heteroatoms. The monoisotopic (exact) mass is 195 g/mol. The summed E-state index contributed by atoms with van der Waals surface area (Å²) < 4.78 is 4.83. The molecule has 1 aliphatic heterocycles. The predicted octanol–water partition coefficient (Wildman–Crippen LogP) is -2.32. The molecule has 1 saturated heterocycles. The first-order valence-corrected chi connectivity index (χ1v) is 4.15. The van der Waals surface area contributed by atoms with E-state index in [0.717, 1.165) is 0 Å². The molecule has 0 saturated carbocycles. The van der Waals surface area contributed by atoms with E-state index in [2.05, 4.69) is 12.6 Å². The Balaban J connectivity index is 2.63. The molecule has 72 valence electrons. The van der Waals surface area contributed by atoms with Gasteiger partial charge in [0.25, 0.3) is 0 Å². The maximum Gasteiger partial charge on any atom is 0.168 e. The summed E-state index contributed by atoms with van der Waals surface area (Å²) in [7, 11) is 0. The molecule has 5 N–H and O–H groups in total. The van der Waals surface area contributed by atoms with Gasteiger partial charge in [0.2, 0.25) is 0 Å². The summed E-state index contributed by atoms with van der Waals surface area (Å²) in [4.78, 5) is 0. The Bertz CT molecular complexity index is 154. The maximum atomic E-state index is 9.36. The summed E-state index contributed by atoms with van der Waals surface area (Å²) in [5.74, 6) is 0. The van der Waals surface area contributed by atoms with E-state index in [0.29, 0.717) is 0 Å². The lowest BCUT2D eigenvalue weighted by atomic mass is 9.99. The number of aliphatic hydroxyl groups excluding tert-OH is 3. The Hall–Kier alpha value is 0.150. The van der Waals surface area contributed by atoms with Gasteiger partial charge >= 0.3 is 0 Å². The molecule has 5 atom stereocenters. The largest absolute Gasteiger partial charge is 0.394 e. The Morgan fingerprint density at radius 1 is 1.42 bits per heavy atom. The molecule has 12 heavy (non-hydrogen) atoms. The number of ether oxygens (including phenoxy) is 1. The molecule has 1 aliphatic rings. The highest BCUT2D eigenvalue weighted by Gasteiger charge is 2.40. The lowest BCUT2D eigenvalue weighted by Crippen LogP contribution is -2.60. The number of nitrogens with two attached hydrogens (primary N) is 1. The fourth-order valence-electron chi connectivity index (χ4n) is 1.13. The van der Waals surface area contributed by atoms with Gasteiger partial charge in [-0.05, 0) is 0 Å². The van der Waals surface area contributed by atoms with Crippen molar-refractivity contribution in [1.82, 2.24) is 0 Å². The quantitative estimate of drug-likeness (QED) is 0.303. The van der Waals surface area contributed by atoms with Crippen LogP contribution in [0.1, 0.15) is 0 Å². The van der Waals surface area contributed by atoms with Crippen LogP contribution in [0.25, 0.3) is 0 Å². The van der Waals surface area contributed by atoms with Gasteiger partial charge in [-0.25, -0.2) is 0 Å². The molecule has 0 radical (unpaired) electrons. The van der Waals surface area contributed by atoms with E-state index in [1.54, 1.807) is 0 Å². The number of hydrogen-bond donors (Lipinski definition) is 5. The molecule has 0 aromatic carbocycles. The number of thiol groups is 1. The van der Waals surface area contributed by atoms with Crippen LogP contribution in [-0.4, -0.2) is 51.7 Å². The van der Waals surface area contributed by atoms with Gasteiger partial charge in [0.15, 0.2) is 6.29 Å². The lowest BCUT2D eigenvalue weighted by molar-refractivity contribution is -0.209. The van der Waals surface area contributed by atoms with Gasteiger partial charge < -0.3 is 25.8 Å². The molecule has 0 unspecified atom stereocenters. The van der Waals surface area contributed by atoms with Gasteiger partial charge in [0.1, 0.15) is 6.10 Å². The van der Waals surface area contributed by atoms with Crippen molar-refractivity contribution in [3.63, 3.8) is 0 Å². The third-order valence-electron chi connectivity index (χ3n) is 1.96. The van der Waals surface area contributed by atoms with E-state index in [1.165, 1.54) is 0 Å². The van der Waals surface area contributed by atoms with Crippen LogP contribution in [0.3, 0.4) is 0 Å². The van der Waals surface area contributed by atoms with Crippen LogP contribution >= 0.6 is 12.6 Å². The van der Waals surface area contributed by atoms with Crippen molar-refractivity contribution in [2.24, 2.45) is 5.73 Å². The Labute approximate surface area is 75.5 Å². The molecule has 0 aromatic heterocycles. The average Bonchev–Trinajstić information content (AvgIpc) is 2.08. The molecule has 0 spiro atoms. The summed E-state index contributed by atoms with van der Waals surface area (Å²) in [6.45, 7) is -0.369. The first-order chi connectivity index (χ1) is 5.57. The van der Waals surface area contributed by atoms with E-state index in [9.17, 15) is 5.11 Å². The third kappa shape index (κ3) is 1.73. The van der Waals surface area contributed by atoms with Gasteiger partial charge in [-0.3, -0.25) is 0 Å². The van der Waals surface area contributed by atoms with Crippen molar-refractivity contribution in [2.75, 3.05) is 6.61 Å². The fraction of sp³-hybridized carbons (Fsp3) is 1.00. The Kier molecular flexibility index (Phi) is 3.33. The molecule has 1 rings (SSSR count). The van der Waals surface area contributed by atoms with Gasteiger partial charge in [0, 0.05) is 6.04 Å². The highest BCUT2D eigenvalue weighted by atomic mass is 32.1. The zero-order chi connectivity index (χ0) is 9.30. The van der Waals surface area contributed by atoms with E-state index in [-0.39, 0.29) is 6.61 Å². The van der Waals surface area contributed by atoms with Crippen LogP contribution in [0, 0.1) is 0 Å². The molecule has 0 amide bonds. The Morgan fingerprint density at radius 2 is 2.00 bits per heavy atom. The van der Waals surface area contributed by atoms with Crippen molar-refractivity contribution in [2.45, 2.75) is 29.8 Å². The van der Waals surface area contributed by atoms with Gasteiger partial charge in [-0.2, -0.15) is 12.6 Å². The zero-order valence-electron chi connectivity index (χ0n) is 6.37. The topological polar surface area (TPSA) is 95.9 Å². The molecule has 5 nitrogen and oxygen atoms in total. The molecule has 0 bridgehead atoms. The van der Waals surface area contributed by atoms with Crippen LogP contribution in [0.15, 0.2) is 0 Å². The second kappa shape index (κ2) is 3.91. The molecular formula is C6H13NO4S. The summed E-state index contributed by atoms with van der Waals surface area (Å²) in [6, 6.07) is -0.686. The van der Waals surface area contributed by atoms with E-state index in [4.69, 9.17) is 20.7 Å². The number of rotatable bonds is 1. The first kappa shape index (κ1) is 10.2. The lowest BCUT2D eigenvalue weighted by Gasteiger charge is -2.38. The Morgan fingerprint density at radius 3 is 2.50 bits per heavy atom. The summed E-state index contributed by atoms with van der Waals surface area (Å²) in [6.07, 6.45) is -2.94. The fourth-order valence-corrected chi connectivity index (χ4v) is 1.38. The van der Waals surface area contributed by atoms with E-state index in [1.807, 2.05) is 0 Å². The highest BCUT2D eigenvalue weighted by molar-refractivity contribution is 7.81. The molecule has 1 fully saturated rings. The SMILES string of the molecule is N[C@@H]1[C@H](O)[C@@H](CO)O[C@H](O)[C@@H]1S. The second-order valence-corrected chi connectivity index (χ2v) is 3.40. The van der Waals surface area contributed by atoms with Crippen LogP contribution in [0.5, 0.6) is 0 Å². The van der Waals surface area contributed by atoms with E-state index < -0.39 is 29.8 Å². The minimum Gasteiger partial charge on any atom is -0.394 e. The summed E-state index contributed by atoms with van der Waals surface area (Å²) in [5.41, 5.74) is 5.50. The minimum atomic E-state index is -1.14. The highest BCUT2D eigenvalue weighted by Crippen LogP contribution is 2.21. The molecule has 1 heterocycles. The molecule has 0 aromatic rings. The third-order valence-corrected chi connectivity index (χ3v) is 2.56. The summed E-state index contributed by atoms with van der Waals surface area (Å²) in [5, 5.41) is 26.6. The van der Waals surface area contributed by atoms with Gasteiger partial charge in [0.05, 0.1) is 18.0 Å². The minimum absolute atomic E-state index is 0.369. The predicted molar refractivity (Wildman–Crippen MR) is 44.7 cm³/mol. The van der Waals surface area contributed by atoms with Crippen molar-refractivity contribution < 1.29 is 20.1 Å². The van der Waals surface area contributed by atoms with Crippen molar-refractivity contribution in [1.29, 1.82) is 0 Å². The normalized spacial score (nSPS) is 49.2. The van der Waals surface area contributed by atoms with Gasteiger partial charge in [-0.15, -0.1) is 0 Å². The van der Waals surface area contributed by atoms with Crippen LogP contribution in [-0.2, 0) is 4.74 Å². The van der Waals surface area contributed by atoms with Crippen LogP contribution in [0.4, 0.5) is 0 Å². The van der Waals surface area contributed by atoms with Crippen molar-refractivity contribution in [3.05, 3.63) is 0 Å². The van der Waals surface area contributed by atoms with E-state index >= 15 is 0 Å². The zero-order valence-corrected chi connectivity index (χ0v) is 7.26. The smallest absolute Gasteiger partial charge is 0.168 e. The number of aliphatic hydroxyl groups is 3.